The molecule has 1 nitrogen and oxygen atoms in total. The molecule has 3 aromatic rings. The summed E-state index contributed by atoms with van der Waals surface area (Å²) in [5.74, 6) is 0. The van der Waals surface area contributed by atoms with E-state index in [9.17, 15) is 0 Å². The summed E-state index contributed by atoms with van der Waals surface area (Å²) in [5, 5.41) is 0. The Morgan fingerprint density at radius 2 is 1.00 bits per heavy atom. The topological polar surface area (TPSA) is 12.9 Å². The zero-order valence-corrected chi connectivity index (χ0v) is 14.6. The summed E-state index contributed by atoms with van der Waals surface area (Å²) in [6.07, 6.45) is 6.05. The third-order valence-electron chi connectivity index (χ3n) is 4.54. The lowest BCUT2D eigenvalue weighted by molar-refractivity contribution is 1.04. The predicted molar refractivity (Wildman–Crippen MR) is 101 cm³/mol. The van der Waals surface area contributed by atoms with E-state index in [1.807, 2.05) is 6.20 Å². The van der Waals surface area contributed by atoms with Crippen LogP contribution < -0.4 is 0 Å². The fraction of sp³-hybridized carbons (Fsp3) is 0.261. The Morgan fingerprint density at radius 1 is 0.542 bits per heavy atom. The molecule has 0 atom stereocenters. The van der Waals surface area contributed by atoms with Crippen LogP contribution in [0.4, 0.5) is 0 Å². The monoisotopic (exact) mass is 315 g/mol. The highest BCUT2D eigenvalue weighted by Crippen LogP contribution is 2.13. The molecule has 0 N–H and O–H groups in total. The van der Waals surface area contributed by atoms with Crippen molar-refractivity contribution in [2.45, 2.75) is 39.5 Å². The van der Waals surface area contributed by atoms with Crippen LogP contribution in [0.2, 0.25) is 0 Å². The minimum absolute atomic E-state index is 0.898. The van der Waals surface area contributed by atoms with Gasteiger partial charge in [0.25, 0.3) is 0 Å². The van der Waals surface area contributed by atoms with Gasteiger partial charge in [-0.2, -0.15) is 0 Å². The largest absolute Gasteiger partial charge is 0.261 e. The van der Waals surface area contributed by atoms with Crippen molar-refractivity contribution in [3.05, 3.63) is 100 Å². The SMILES string of the molecule is CCc1ccc(Cc2ccc(Cc3ccc(CC)cc3)nc2)cc1. The number of benzene rings is 2. The average molecular weight is 315 g/mol. The summed E-state index contributed by atoms with van der Waals surface area (Å²) in [4.78, 5) is 4.65. The van der Waals surface area contributed by atoms with Gasteiger partial charge in [-0.3, -0.25) is 4.98 Å². The van der Waals surface area contributed by atoms with Crippen molar-refractivity contribution in [3.8, 4) is 0 Å². The minimum atomic E-state index is 0.898. The second-order valence-corrected chi connectivity index (χ2v) is 6.35. The van der Waals surface area contributed by atoms with Crippen molar-refractivity contribution in [1.82, 2.24) is 4.98 Å². The molecule has 0 radical (unpaired) electrons. The van der Waals surface area contributed by atoms with Crippen molar-refractivity contribution in [2.24, 2.45) is 0 Å². The quantitative estimate of drug-likeness (QED) is 0.594. The van der Waals surface area contributed by atoms with Gasteiger partial charge in [-0.05, 0) is 53.1 Å². The molecule has 0 amide bonds. The Balaban J connectivity index is 1.63. The molecule has 1 heteroatoms. The van der Waals surface area contributed by atoms with Gasteiger partial charge in [0.15, 0.2) is 0 Å². The van der Waals surface area contributed by atoms with E-state index in [1.165, 1.54) is 27.8 Å². The lowest BCUT2D eigenvalue weighted by Gasteiger charge is -2.06. The van der Waals surface area contributed by atoms with Crippen molar-refractivity contribution >= 4 is 0 Å². The van der Waals surface area contributed by atoms with Crippen LogP contribution in [0.3, 0.4) is 0 Å². The predicted octanol–water partition coefficient (Wildman–Crippen LogP) is 5.39. The molecule has 0 unspecified atom stereocenters. The van der Waals surface area contributed by atoms with Gasteiger partial charge in [0.1, 0.15) is 0 Å². The van der Waals surface area contributed by atoms with Crippen LogP contribution in [0, 0.1) is 0 Å². The van der Waals surface area contributed by atoms with Gasteiger partial charge in [-0.15, -0.1) is 0 Å². The van der Waals surface area contributed by atoms with Crippen LogP contribution in [-0.4, -0.2) is 4.98 Å². The molecule has 1 heterocycles. The number of aryl methyl sites for hydroxylation is 2. The molecule has 0 aliphatic rings. The average Bonchev–Trinajstić information content (AvgIpc) is 2.65. The van der Waals surface area contributed by atoms with Crippen LogP contribution in [0.5, 0.6) is 0 Å². The molecular formula is C23H25N. The second-order valence-electron chi connectivity index (χ2n) is 6.35. The summed E-state index contributed by atoms with van der Waals surface area (Å²) < 4.78 is 0. The van der Waals surface area contributed by atoms with Crippen molar-refractivity contribution in [1.29, 1.82) is 0 Å². The molecule has 24 heavy (non-hydrogen) atoms. The Kier molecular flexibility index (Phi) is 5.43. The molecule has 0 saturated heterocycles. The van der Waals surface area contributed by atoms with Gasteiger partial charge < -0.3 is 0 Å². The van der Waals surface area contributed by atoms with Crippen LogP contribution >= 0.6 is 0 Å². The van der Waals surface area contributed by atoms with Crippen molar-refractivity contribution in [2.75, 3.05) is 0 Å². The zero-order valence-electron chi connectivity index (χ0n) is 14.6. The van der Waals surface area contributed by atoms with E-state index in [2.05, 4.69) is 79.5 Å². The first-order valence-corrected chi connectivity index (χ1v) is 8.86. The number of rotatable bonds is 6. The Labute approximate surface area is 145 Å². The molecule has 0 fully saturated rings. The summed E-state index contributed by atoms with van der Waals surface area (Å²) >= 11 is 0. The third-order valence-corrected chi connectivity index (χ3v) is 4.54. The number of hydrogen-bond acceptors (Lipinski definition) is 1. The molecular weight excluding hydrogens is 290 g/mol. The summed E-state index contributed by atoms with van der Waals surface area (Å²) in [7, 11) is 0. The highest BCUT2D eigenvalue weighted by molar-refractivity contribution is 5.30. The van der Waals surface area contributed by atoms with Gasteiger partial charge in [0.05, 0.1) is 0 Å². The first-order chi connectivity index (χ1) is 11.8. The minimum Gasteiger partial charge on any atom is -0.261 e. The van der Waals surface area contributed by atoms with Crippen LogP contribution in [0.15, 0.2) is 66.9 Å². The zero-order chi connectivity index (χ0) is 16.8. The molecule has 2 aromatic carbocycles. The molecule has 0 bridgehead atoms. The van der Waals surface area contributed by atoms with E-state index in [4.69, 9.17) is 0 Å². The highest BCUT2D eigenvalue weighted by atomic mass is 14.7. The van der Waals surface area contributed by atoms with E-state index in [-0.39, 0.29) is 0 Å². The fourth-order valence-electron chi connectivity index (χ4n) is 2.89. The van der Waals surface area contributed by atoms with Crippen molar-refractivity contribution in [3.63, 3.8) is 0 Å². The van der Waals surface area contributed by atoms with Gasteiger partial charge in [0.2, 0.25) is 0 Å². The Morgan fingerprint density at radius 3 is 1.46 bits per heavy atom. The van der Waals surface area contributed by atoms with Crippen LogP contribution in [0.25, 0.3) is 0 Å². The standard InChI is InChI=1S/C23H25N/c1-3-18-5-9-20(10-6-18)15-22-13-14-23(24-17-22)16-21-11-7-19(4-2)8-12-21/h5-14,17H,3-4,15-16H2,1-2H3. The number of hydrogen-bond donors (Lipinski definition) is 0. The Bertz CT molecular complexity index is 684. The van der Waals surface area contributed by atoms with Gasteiger partial charge in [-0.25, -0.2) is 0 Å². The maximum Gasteiger partial charge on any atom is 0.0447 e. The normalized spacial score (nSPS) is 10.8. The van der Waals surface area contributed by atoms with Gasteiger partial charge in [-0.1, -0.05) is 68.4 Å². The van der Waals surface area contributed by atoms with E-state index in [0.717, 1.165) is 31.4 Å². The fourth-order valence-corrected chi connectivity index (χ4v) is 2.89. The number of pyridine rings is 1. The maximum absolute atomic E-state index is 4.65. The highest BCUT2D eigenvalue weighted by Gasteiger charge is 2.01. The van der Waals surface area contributed by atoms with E-state index < -0.39 is 0 Å². The van der Waals surface area contributed by atoms with Crippen LogP contribution in [-0.2, 0) is 25.7 Å². The first-order valence-electron chi connectivity index (χ1n) is 8.86. The lowest BCUT2D eigenvalue weighted by Crippen LogP contribution is -1.95. The van der Waals surface area contributed by atoms with Gasteiger partial charge >= 0.3 is 0 Å². The van der Waals surface area contributed by atoms with E-state index in [0.29, 0.717) is 0 Å². The molecule has 0 spiro atoms. The maximum atomic E-state index is 4.65. The smallest absolute Gasteiger partial charge is 0.0447 e. The van der Waals surface area contributed by atoms with Gasteiger partial charge in [0, 0.05) is 18.3 Å². The first kappa shape index (κ1) is 16.4. The molecule has 3 rings (SSSR count). The summed E-state index contributed by atoms with van der Waals surface area (Å²) in [6, 6.07) is 22.1. The summed E-state index contributed by atoms with van der Waals surface area (Å²) in [6.45, 7) is 4.37. The van der Waals surface area contributed by atoms with E-state index >= 15 is 0 Å². The van der Waals surface area contributed by atoms with E-state index in [1.54, 1.807) is 0 Å². The second kappa shape index (κ2) is 7.92. The lowest BCUT2D eigenvalue weighted by atomic mass is 10.0. The number of aromatic nitrogens is 1. The van der Waals surface area contributed by atoms with Crippen molar-refractivity contribution < 1.29 is 0 Å². The third kappa shape index (κ3) is 4.32. The molecule has 0 aliphatic carbocycles. The molecule has 0 aliphatic heterocycles. The Hall–Kier alpha value is -2.41. The number of nitrogens with zero attached hydrogens (tertiary/aromatic N) is 1. The summed E-state index contributed by atoms with van der Waals surface area (Å²) in [5.41, 5.74) is 7.84. The van der Waals surface area contributed by atoms with Crippen LogP contribution in [0.1, 0.15) is 47.4 Å². The molecule has 1 aromatic heterocycles. The molecule has 122 valence electrons. The molecule has 0 saturated carbocycles.